The standard InChI is InChI=1S/C16H30N4O4/c1-7-23-15(21)19-13(17(19)9-11(3)4)14-18(10-12(5)6)20(14)16(22)24-8-2/h11-14H,7-10H2,1-6H3. The normalized spacial score (nSPS) is 28.3. The summed E-state index contributed by atoms with van der Waals surface area (Å²) >= 11 is 0. The molecule has 8 heteroatoms. The van der Waals surface area contributed by atoms with Gasteiger partial charge in [-0.25, -0.2) is 19.6 Å². The fourth-order valence-electron chi connectivity index (χ4n) is 2.95. The molecular weight excluding hydrogens is 312 g/mol. The molecule has 0 radical (unpaired) electrons. The molecule has 138 valence electrons. The topological polar surface area (TPSA) is 64.6 Å². The van der Waals surface area contributed by atoms with Crippen LogP contribution in [0.3, 0.4) is 0 Å². The Morgan fingerprint density at radius 2 is 1.12 bits per heavy atom. The summed E-state index contributed by atoms with van der Waals surface area (Å²) in [7, 11) is 0. The second-order valence-electron chi connectivity index (χ2n) is 6.95. The molecule has 4 atom stereocenters. The van der Waals surface area contributed by atoms with Gasteiger partial charge in [0, 0.05) is 13.1 Å². The summed E-state index contributed by atoms with van der Waals surface area (Å²) < 4.78 is 10.3. The summed E-state index contributed by atoms with van der Waals surface area (Å²) in [6.45, 7) is 14.1. The van der Waals surface area contributed by atoms with Gasteiger partial charge < -0.3 is 9.47 Å². The molecule has 0 spiro atoms. The molecule has 0 aromatic rings. The Bertz CT molecular complexity index is 429. The number of hydrogen-bond donors (Lipinski definition) is 0. The lowest BCUT2D eigenvalue weighted by atomic mass is 10.2. The van der Waals surface area contributed by atoms with Crippen molar-refractivity contribution in [1.82, 2.24) is 20.0 Å². The zero-order chi connectivity index (χ0) is 18.0. The van der Waals surface area contributed by atoms with Gasteiger partial charge in [0.05, 0.1) is 13.2 Å². The summed E-state index contributed by atoms with van der Waals surface area (Å²) in [6.07, 6.45) is -1.06. The Labute approximate surface area is 144 Å². The van der Waals surface area contributed by atoms with E-state index in [2.05, 4.69) is 27.7 Å². The molecule has 2 heterocycles. The molecule has 2 amide bonds. The molecule has 0 bridgehead atoms. The first-order chi connectivity index (χ1) is 11.3. The van der Waals surface area contributed by atoms with E-state index in [4.69, 9.17) is 9.47 Å². The van der Waals surface area contributed by atoms with E-state index in [1.165, 1.54) is 0 Å². The van der Waals surface area contributed by atoms with E-state index >= 15 is 0 Å². The lowest BCUT2D eigenvalue weighted by Crippen LogP contribution is -2.22. The molecule has 2 saturated heterocycles. The smallest absolute Gasteiger partial charge is 0.426 e. The summed E-state index contributed by atoms with van der Waals surface area (Å²) in [5, 5.41) is 7.17. The number of ether oxygens (including phenoxy) is 2. The molecular formula is C16H30N4O4. The Balaban J connectivity index is 2.10. The van der Waals surface area contributed by atoms with Gasteiger partial charge in [-0.1, -0.05) is 27.7 Å². The molecule has 2 aliphatic heterocycles. The highest BCUT2D eigenvalue weighted by Crippen LogP contribution is 2.43. The molecule has 2 rings (SSSR count). The third-order valence-corrected chi connectivity index (χ3v) is 3.84. The molecule has 0 saturated carbocycles. The van der Waals surface area contributed by atoms with Crippen molar-refractivity contribution in [2.75, 3.05) is 26.3 Å². The largest absolute Gasteiger partial charge is 0.449 e. The van der Waals surface area contributed by atoms with E-state index in [1.807, 2.05) is 10.0 Å². The van der Waals surface area contributed by atoms with E-state index in [0.29, 0.717) is 25.0 Å². The van der Waals surface area contributed by atoms with Crippen LogP contribution >= 0.6 is 0 Å². The summed E-state index contributed by atoms with van der Waals surface area (Å²) in [5.74, 6) is 0.806. The van der Waals surface area contributed by atoms with Gasteiger partial charge in [0.15, 0.2) is 12.3 Å². The molecule has 4 unspecified atom stereocenters. The molecule has 0 aliphatic carbocycles. The first kappa shape index (κ1) is 18.8. The molecule has 8 nitrogen and oxygen atoms in total. The second kappa shape index (κ2) is 7.57. The average Bonchev–Trinajstić information content (AvgIpc) is 3.33. The highest BCUT2D eigenvalue weighted by atomic mass is 16.6. The van der Waals surface area contributed by atoms with E-state index in [1.54, 1.807) is 23.9 Å². The zero-order valence-electron chi connectivity index (χ0n) is 15.6. The number of hydrazine groups is 2. The zero-order valence-corrected chi connectivity index (χ0v) is 15.6. The Hall–Kier alpha value is -1.54. The minimum atomic E-state index is -0.358. The monoisotopic (exact) mass is 342 g/mol. The van der Waals surface area contributed by atoms with Crippen LogP contribution in [0.5, 0.6) is 0 Å². The predicted octanol–water partition coefficient (Wildman–Crippen LogP) is 2.33. The maximum atomic E-state index is 12.2. The average molecular weight is 342 g/mol. The van der Waals surface area contributed by atoms with Gasteiger partial charge in [-0.3, -0.25) is 0 Å². The highest BCUT2D eigenvalue weighted by molar-refractivity contribution is 5.72. The van der Waals surface area contributed by atoms with Gasteiger partial charge in [-0.2, -0.15) is 10.0 Å². The third-order valence-electron chi connectivity index (χ3n) is 3.84. The fraction of sp³-hybridized carbons (Fsp3) is 0.875. The van der Waals surface area contributed by atoms with E-state index < -0.39 is 0 Å². The maximum Gasteiger partial charge on any atom is 0.426 e. The van der Waals surface area contributed by atoms with Gasteiger partial charge in [0.2, 0.25) is 0 Å². The minimum absolute atomic E-state index is 0.172. The highest BCUT2D eigenvalue weighted by Gasteiger charge is 2.67. The van der Waals surface area contributed by atoms with Gasteiger partial charge in [-0.15, -0.1) is 0 Å². The molecule has 0 N–H and O–H groups in total. The summed E-state index contributed by atoms with van der Waals surface area (Å²) in [6, 6.07) is 0. The Morgan fingerprint density at radius 1 is 0.792 bits per heavy atom. The number of carbonyl (C=O) groups excluding carboxylic acids is 2. The van der Waals surface area contributed by atoms with Crippen molar-refractivity contribution in [3.8, 4) is 0 Å². The van der Waals surface area contributed by atoms with Crippen molar-refractivity contribution in [3.05, 3.63) is 0 Å². The van der Waals surface area contributed by atoms with Crippen molar-refractivity contribution in [2.24, 2.45) is 11.8 Å². The Morgan fingerprint density at radius 3 is 1.38 bits per heavy atom. The van der Waals surface area contributed by atoms with Gasteiger partial charge in [0.25, 0.3) is 0 Å². The van der Waals surface area contributed by atoms with Gasteiger partial charge in [0.1, 0.15) is 0 Å². The van der Waals surface area contributed by atoms with E-state index in [0.717, 1.165) is 13.1 Å². The van der Waals surface area contributed by atoms with Gasteiger partial charge >= 0.3 is 12.2 Å². The van der Waals surface area contributed by atoms with Crippen LogP contribution in [0.1, 0.15) is 41.5 Å². The number of nitrogens with zero attached hydrogens (tertiary/aromatic N) is 4. The second-order valence-corrected chi connectivity index (χ2v) is 6.95. The van der Waals surface area contributed by atoms with Crippen LogP contribution in [0.25, 0.3) is 0 Å². The van der Waals surface area contributed by atoms with Crippen molar-refractivity contribution in [1.29, 1.82) is 0 Å². The van der Waals surface area contributed by atoms with Gasteiger partial charge in [-0.05, 0) is 25.7 Å². The minimum Gasteiger partial charge on any atom is -0.449 e. The van der Waals surface area contributed by atoms with Crippen LogP contribution in [-0.4, -0.2) is 70.9 Å². The molecule has 0 aromatic heterocycles. The third kappa shape index (κ3) is 3.92. The van der Waals surface area contributed by atoms with E-state index in [9.17, 15) is 9.59 Å². The van der Waals surface area contributed by atoms with Crippen LogP contribution in [0.2, 0.25) is 0 Å². The first-order valence-electron chi connectivity index (χ1n) is 8.78. The lowest BCUT2D eigenvalue weighted by Gasteiger charge is -2.06. The van der Waals surface area contributed by atoms with Crippen molar-refractivity contribution in [3.63, 3.8) is 0 Å². The lowest BCUT2D eigenvalue weighted by molar-refractivity contribution is 0.114. The number of carbonyl (C=O) groups is 2. The molecule has 24 heavy (non-hydrogen) atoms. The Kier molecular flexibility index (Phi) is 5.92. The number of hydrogen-bond acceptors (Lipinski definition) is 6. The van der Waals surface area contributed by atoms with Crippen LogP contribution in [-0.2, 0) is 9.47 Å². The summed E-state index contributed by atoms with van der Waals surface area (Å²) in [5.41, 5.74) is 0. The predicted molar refractivity (Wildman–Crippen MR) is 88.4 cm³/mol. The summed E-state index contributed by atoms with van der Waals surface area (Å²) in [4.78, 5) is 24.4. The van der Waals surface area contributed by atoms with E-state index in [-0.39, 0.29) is 24.5 Å². The number of rotatable bonds is 7. The molecule has 0 aromatic carbocycles. The van der Waals surface area contributed by atoms with Crippen LogP contribution in [0, 0.1) is 11.8 Å². The van der Waals surface area contributed by atoms with Crippen LogP contribution < -0.4 is 0 Å². The fourth-order valence-corrected chi connectivity index (χ4v) is 2.95. The quantitative estimate of drug-likeness (QED) is 0.662. The van der Waals surface area contributed by atoms with Crippen LogP contribution in [0.15, 0.2) is 0 Å². The maximum absolute atomic E-state index is 12.2. The van der Waals surface area contributed by atoms with Crippen molar-refractivity contribution < 1.29 is 19.1 Å². The first-order valence-corrected chi connectivity index (χ1v) is 8.78. The number of amides is 2. The SMILES string of the molecule is CCOC(=O)N1C(C2N(CC(C)C)N2C(=O)OCC)N1CC(C)C. The van der Waals surface area contributed by atoms with Crippen molar-refractivity contribution >= 4 is 12.2 Å². The molecule has 2 aliphatic rings. The van der Waals surface area contributed by atoms with Crippen LogP contribution in [0.4, 0.5) is 9.59 Å². The van der Waals surface area contributed by atoms with Crippen molar-refractivity contribution in [2.45, 2.75) is 53.9 Å². The molecule has 2 fully saturated rings.